The van der Waals surface area contributed by atoms with E-state index in [0.717, 1.165) is 5.69 Å². The number of hydrogen-bond donors (Lipinski definition) is 1. The van der Waals surface area contributed by atoms with Gasteiger partial charge in [0, 0.05) is 43.7 Å². The van der Waals surface area contributed by atoms with Gasteiger partial charge in [-0.2, -0.15) is 13.2 Å². The number of aromatic amines is 1. The molecule has 3 rings (SSSR count). The molecule has 0 atom stereocenters. The first-order chi connectivity index (χ1) is 12.7. The Labute approximate surface area is 154 Å². The van der Waals surface area contributed by atoms with Crippen molar-refractivity contribution in [2.75, 3.05) is 13.2 Å². The lowest BCUT2D eigenvalue weighted by Crippen LogP contribution is -2.36. The molecule has 0 bridgehead atoms. The summed E-state index contributed by atoms with van der Waals surface area (Å²) in [5.41, 5.74) is 1.78. The van der Waals surface area contributed by atoms with E-state index in [1.165, 1.54) is 6.20 Å². The van der Waals surface area contributed by atoms with Gasteiger partial charge < -0.3 is 9.72 Å². The molecule has 0 saturated heterocycles. The monoisotopic (exact) mass is 382 g/mol. The maximum absolute atomic E-state index is 12.4. The topological polar surface area (TPSA) is 71.1 Å². The molecule has 0 amide bonds. The number of aromatic nitrogens is 3. The van der Waals surface area contributed by atoms with E-state index in [2.05, 4.69) is 15.0 Å². The fraction of sp³-hybridized carbons (Fsp3) is 0.500. The molecule has 1 aliphatic rings. The van der Waals surface area contributed by atoms with Gasteiger partial charge in [0.15, 0.2) is 6.61 Å². The average Bonchev–Trinajstić information content (AvgIpc) is 2.60. The van der Waals surface area contributed by atoms with Crippen LogP contribution in [0.25, 0.3) is 0 Å². The molecule has 0 unspecified atom stereocenters. The number of H-pyrrole nitrogens is 1. The van der Waals surface area contributed by atoms with Gasteiger partial charge in [0.1, 0.15) is 5.82 Å². The van der Waals surface area contributed by atoms with Crippen LogP contribution in [0.4, 0.5) is 13.2 Å². The Morgan fingerprint density at radius 2 is 2.15 bits per heavy atom. The highest BCUT2D eigenvalue weighted by Gasteiger charge is 2.29. The van der Waals surface area contributed by atoms with Crippen molar-refractivity contribution in [3.63, 3.8) is 0 Å². The van der Waals surface area contributed by atoms with Crippen molar-refractivity contribution >= 4 is 0 Å². The molecular formula is C18H21F3N4O2. The van der Waals surface area contributed by atoms with Crippen molar-refractivity contribution < 1.29 is 17.9 Å². The lowest BCUT2D eigenvalue weighted by molar-refractivity contribution is -0.154. The van der Waals surface area contributed by atoms with Gasteiger partial charge in [0.2, 0.25) is 5.88 Å². The number of fused-ring (bicyclic) bond motifs is 1. The summed E-state index contributed by atoms with van der Waals surface area (Å²) >= 11 is 0. The van der Waals surface area contributed by atoms with Gasteiger partial charge in [0.25, 0.3) is 5.56 Å². The lowest BCUT2D eigenvalue weighted by atomic mass is 10.1. The van der Waals surface area contributed by atoms with Crippen molar-refractivity contribution in [1.82, 2.24) is 19.9 Å². The van der Waals surface area contributed by atoms with E-state index in [9.17, 15) is 18.0 Å². The second-order valence-corrected chi connectivity index (χ2v) is 6.86. The summed E-state index contributed by atoms with van der Waals surface area (Å²) in [6.07, 6.45) is -2.42. The van der Waals surface area contributed by atoms with Gasteiger partial charge in [-0.15, -0.1) is 0 Å². The highest BCUT2D eigenvalue weighted by molar-refractivity contribution is 5.27. The van der Waals surface area contributed by atoms with Gasteiger partial charge in [-0.1, -0.05) is 19.9 Å². The Hall–Kier alpha value is -2.42. The first kappa shape index (κ1) is 19.3. The van der Waals surface area contributed by atoms with Crippen molar-refractivity contribution in [2.45, 2.75) is 45.5 Å². The Morgan fingerprint density at radius 1 is 1.37 bits per heavy atom. The van der Waals surface area contributed by atoms with Crippen LogP contribution in [0.3, 0.4) is 0 Å². The van der Waals surface area contributed by atoms with Gasteiger partial charge >= 0.3 is 6.18 Å². The van der Waals surface area contributed by atoms with E-state index in [1.807, 2.05) is 18.7 Å². The number of nitrogens with zero attached hydrogens (tertiary/aromatic N) is 3. The highest BCUT2D eigenvalue weighted by atomic mass is 19.4. The fourth-order valence-corrected chi connectivity index (χ4v) is 2.97. The number of halogens is 3. The maximum atomic E-state index is 12.4. The summed E-state index contributed by atoms with van der Waals surface area (Å²) in [4.78, 5) is 25.6. The number of ether oxygens (including phenoxy) is 1. The first-order valence-corrected chi connectivity index (χ1v) is 8.70. The number of alkyl halides is 3. The molecule has 0 saturated carbocycles. The van der Waals surface area contributed by atoms with Gasteiger partial charge in [-0.3, -0.25) is 9.69 Å². The molecule has 2 aromatic rings. The van der Waals surface area contributed by atoms with Gasteiger partial charge in [-0.25, -0.2) is 9.97 Å². The molecule has 2 aromatic heterocycles. The van der Waals surface area contributed by atoms with Crippen LogP contribution in [0, 0.1) is 0 Å². The van der Waals surface area contributed by atoms with Crippen molar-refractivity contribution in [3.8, 4) is 5.88 Å². The van der Waals surface area contributed by atoms with E-state index < -0.39 is 12.8 Å². The van der Waals surface area contributed by atoms with Crippen molar-refractivity contribution in [3.05, 3.63) is 51.3 Å². The van der Waals surface area contributed by atoms with E-state index in [1.54, 1.807) is 12.1 Å². The summed E-state index contributed by atoms with van der Waals surface area (Å²) in [6.45, 7) is 3.90. The molecule has 0 aromatic carbocycles. The molecule has 27 heavy (non-hydrogen) atoms. The van der Waals surface area contributed by atoms with Gasteiger partial charge in [-0.05, 0) is 6.07 Å². The minimum atomic E-state index is -4.42. The molecule has 0 aliphatic carbocycles. The van der Waals surface area contributed by atoms with E-state index in [0.29, 0.717) is 43.0 Å². The standard InChI is InChI=1S/C18H21F3N4O2/c1-11(2)15-23-14-5-7-25(9-13(14)16(26)24-15)8-12-4-3-6-22-17(12)27-10-18(19,20)21/h3-4,6,11H,5,7-10H2,1-2H3,(H,23,24,26). The quantitative estimate of drug-likeness (QED) is 0.861. The fourth-order valence-electron chi connectivity index (χ4n) is 2.97. The second-order valence-electron chi connectivity index (χ2n) is 6.86. The van der Waals surface area contributed by atoms with Crippen molar-refractivity contribution in [1.29, 1.82) is 0 Å². The lowest BCUT2D eigenvalue weighted by Gasteiger charge is -2.28. The third kappa shape index (κ3) is 4.85. The predicted molar refractivity (Wildman–Crippen MR) is 92.6 cm³/mol. The molecule has 1 N–H and O–H groups in total. The summed E-state index contributed by atoms with van der Waals surface area (Å²) in [6, 6.07) is 3.33. The molecule has 0 fully saturated rings. The first-order valence-electron chi connectivity index (χ1n) is 8.70. The van der Waals surface area contributed by atoms with Gasteiger partial charge in [0.05, 0.1) is 11.3 Å². The average molecular weight is 382 g/mol. The third-order valence-electron chi connectivity index (χ3n) is 4.33. The minimum absolute atomic E-state index is 0.0391. The predicted octanol–water partition coefficient (Wildman–Crippen LogP) is 2.79. The summed E-state index contributed by atoms with van der Waals surface area (Å²) in [5, 5.41) is 0. The molecule has 9 heteroatoms. The zero-order valence-electron chi connectivity index (χ0n) is 15.1. The molecule has 6 nitrogen and oxygen atoms in total. The van der Waals surface area contributed by atoms with Crippen LogP contribution in [0.5, 0.6) is 5.88 Å². The van der Waals surface area contributed by atoms with Crippen LogP contribution >= 0.6 is 0 Å². The van der Waals surface area contributed by atoms with Crippen LogP contribution in [0.1, 0.15) is 42.4 Å². The largest absolute Gasteiger partial charge is 0.468 e. The Bertz CT molecular complexity index is 864. The summed E-state index contributed by atoms with van der Waals surface area (Å²) in [7, 11) is 0. The number of rotatable bonds is 5. The molecule has 3 heterocycles. The normalized spacial score (nSPS) is 15.0. The van der Waals surface area contributed by atoms with Crippen LogP contribution in [-0.2, 0) is 19.5 Å². The zero-order valence-corrected chi connectivity index (χ0v) is 15.1. The molecule has 146 valence electrons. The number of pyridine rings is 1. The summed E-state index contributed by atoms with van der Waals surface area (Å²) < 4.78 is 42.1. The van der Waals surface area contributed by atoms with E-state index in [4.69, 9.17) is 4.74 Å². The Balaban J connectivity index is 1.75. The van der Waals surface area contributed by atoms with Crippen molar-refractivity contribution in [2.24, 2.45) is 0 Å². The Morgan fingerprint density at radius 3 is 2.85 bits per heavy atom. The number of nitrogens with one attached hydrogen (secondary N) is 1. The Kier molecular flexibility index (Phi) is 5.50. The smallest absolute Gasteiger partial charge is 0.422 e. The van der Waals surface area contributed by atoms with Crippen LogP contribution in [-0.4, -0.2) is 39.2 Å². The van der Waals surface area contributed by atoms with Crippen LogP contribution < -0.4 is 10.3 Å². The second kappa shape index (κ2) is 7.67. The number of hydrogen-bond acceptors (Lipinski definition) is 5. The maximum Gasteiger partial charge on any atom is 0.422 e. The highest BCUT2D eigenvalue weighted by Crippen LogP contribution is 2.23. The molecule has 0 spiro atoms. The van der Waals surface area contributed by atoms with Crippen LogP contribution in [0.2, 0.25) is 0 Å². The molecular weight excluding hydrogens is 361 g/mol. The summed E-state index contributed by atoms with van der Waals surface area (Å²) in [5.74, 6) is 0.759. The van der Waals surface area contributed by atoms with E-state index in [-0.39, 0.29) is 17.4 Å². The zero-order chi connectivity index (χ0) is 19.6. The third-order valence-corrected chi connectivity index (χ3v) is 4.33. The SMILES string of the molecule is CC(C)c1nc2c(c(=O)[nH]1)CN(Cc1cccnc1OCC(F)(F)F)CC2. The molecule has 0 radical (unpaired) electrons. The van der Waals surface area contributed by atoms with Crippen LogP contribution in [0.15, 0.2) is 23.1 Å². The molecule has 1 aliphatic heterocycles. The van der Waals surface area contributed by atoms with E-state index >= 15 is 0 Å². The minimum Gasteiger partial charge on any atom is -0.468 e.